The number of amides is 1. The van der Waals surface area contributed by atoms with Crippen molar-refractivity contribution >= 4 is 11.6 Å². The molecule has 126 valence electrons. The highest BCUT2D eigenvalue weighted by Gasteiger charge is 2.30. The van der Waals surface area contributed by atoms with Crippen LogP contribution in [0.3, 0.4) is 0 Å². The normalized spacial score (nSPS) is 18.0. The zero-order valence-electron chi connectivity index (χ0n) is 12.7. The Morgan fingerprint density at radius 2 is 2.33 bits per heavy atom. The topological polar surface area (TPSA) is 105 Å². The molecule has 0 spiro atoms. The predicted octanol–water partition coefficient (Wildman–Crippen LogP) is 0.891. The number of tetrazole rings is 1. The number of aromatic nitrogens is 4. The molecule has 0 fully saturated rings. The van der Waals surface area contributed by atoms with Gasteiger partial charge in [-0.3, -0.25) is 4.79 Å². The minimum atomic E-state index is -0.889. The fraction of sp³-hybridized carbons (Fsp3) is 0.357. The minimum absolute atomic E-state index is 0.00883. The third-order valence-corrected chi connectivity index (χ3v) is 3.59. The van der Waals surface area contributed by atoms with Gasteiger partial charge < -0.3 is 10.2 Å². The molecular formula is C14H14F2N6O2. The Hall–Kier alpha value is -2.91. The molecule has 0 radical (unpaired) electrons. The molecule has 0 saturated heterocycles. The van der Waals surface area contributed by atoms with E-state index in [1.807, 2.05) is 6.92 Å². The highest BCUT2D eigenvalue weighted by atomic mass is 19.1. The third-order valence-electron chi connectivity index (χ3n) is 3.59. The summed E-state index contributed by atoms with van der Waals surface area (Å²) in [6, 6.07) is 3.04. The Kier molecular flexibility index (Phi) is 4.45. The van der Waals surface area contributed by atoms with Crippen LogP contribution in [0.1, 0.15) is 30.7 Å². The van der Waals surface area contributed by atoms with E-state index < -0.39 is 23.6 Å². The number of carbonyl (C=O) groups is 1. The number of nitrogens with one attached hydrogen (secondary N) is 2. The first kappa shape index (κ1) is 16.0. The number of aromatic amines is 1. The number of hydrogen-bond donors (Lipinski definition) is 2. The van der Waals surface area contributed by atoms with E-state index in [2.05, 4.69) is 31.1 Å². The second kappa shape index (κ2) is 6.69. The molecule has 1 aliphatic rings. The molecule has 1 aromatic heterocycles. The van der Waals surface area contributed by atoms with E-state index in [9.17, 15) is 13.6 Å². The number of rotatable bonds is 5. The standard InChI is InChI=1S/C14H14F2N6O2/c1-7(13-18-21-22-19-13)6-17-14(23)12-5-11(20-24-12)9-4-8(15)2-3-10(9)16/h2-4,7,12H,5-6H2,1H3,(H,17,23)(H,18,19,21,22)/t7-,12-/m0/s1. The van der Waals surface area contributed by atoms with Gasteiger partial charge >= 0.3 is 0 Å². The first-order valence-corrected chi connectivity index (χ1v) is 7.23. The number of benzene rings is 1. The molecule has 0 aliphatic carbocycles. The van der Waals surface area contributed by atoms with Crippen LogP contribution in [-0.2, 0) is 9.63 Å². The Morgan fingerprint density at radius 3 is 3.08 bits per heavy atom. The van der Waals surface area contributed by atoms with Gasteiger partial charge in [-0.15, -0.1) is 10.2 Å². The summed E-state index contributed by atoms with van der Waals surface area (Å²) in [5.41, 5.74) is 0.184. The molecule has 0 saturated carbocycles. The summed E-state index contributed by atoms with van der Waals surface area (Å²) in [6.07, 6.45) is -0.830. The monoisotopic (exact) mass is 336 g/mol. The highest BCUT2D eigenvalue weighted by molar-refractivity contribution is 6.04. The van der Waals surface area contributed by atoms with Crippen LogP contribution in [0.15, 0.2) is 23.4 Å². The first-order valence-electron chi connectivity index (χ1n) is 7.23. The molecule has 10 heteroatoms. The Balaban J connectivity index is 1.56. The lowest BCUT2D eigenvalue weighted by Crippen LogP contribution is -2.37. The van der Waals surface area contributed by atoms with Gasteiger partial charge in [0.2, 0.25) is 6.10 Å². The lowest BCUT2D eigenvalue weighted by molar-refractivity contribution is -0.131. The van der Waals surface area contributed by atoms with Crippen LogP contribution in [0, 0.1) is 11.6 Å². The summed E-state index contributed by atoms with van der Waals surface area (Å²) in [7, 11) is 0. The Bertz CT molecular complexity index is 765. The van der Waals surface area contributed by atoms with E-state index in [-0.39, 0.29) is 30.2 Å². The molecular weight excluding hydrogens is 322 g/mol. The maximum Gasteiger partial charge on any atom is 0.264 e. The maximum absolute atomic E-state index is 13.7. The number of oxime groups is 1. The van der Waals surface area contributed by atoms with Gasteiger partial charge in [-0.05, 0) is 18.2 Å². The van der Waals surface area contributed by atoms with Gasteiger partial charge in [-0.2, -0.15) is 5.21 Å². The van der Waals surface area contributed by atoms with Crippen molar-refractivity contribution < 1.29 is 18.4 Å². The number of carbonyl (C=O) groups excluding carboxylic acids is 1. The first-order chi connectivity index (χ1) is 11.5. The molecule has 2 aromatic rings. The molecule has 1 aromatic carbocycles. The second-order valence-electron chi connectivity index (χ2n) is 5.38. The summed E-state index contributed by atoms with van der Waals surface area (Å²) in [5.74, 6) is -1.28. The van der Waals surface area contributed by atoms with Gasteiger partial charge in [0.25, 0.3) is 5.91 Å². The zero-order chi connectivity index (χ0) is 17.1. The molecule has 2 atom stereocenters. The SMILES string of the molecule is C[C@@H](CNC(=O)[C@@H]1CC(c2cc(F)ccc2F)=NO1)c1nn[nH]n1. The van der Waals surface area contributed by atoms with Gasteiger partial charge in [0.05, 0.1) is 5.71 Å². The van der Waals surface area contributed by atoms with Crippen molar-refractivity contribution in [2.24, 2.45) is 5.16 Å². The van der Waals surface area contributed by atoms with Crippen LogP contribution in [0.5, 0.6) is 0 Å². The fourth-order valence-electron chi connectivity index (χ4n) is 2.23. The Morgan fingerprint density at radius 1 is 1.50 bits per heavy atom. The van der Waals surface area contributed by atoms with Crippen molar-refractivity contribution in [3.63, 3.8) is 0 Å². The Labute approximate surface area is 135 Å². The summed E-state index contributed by atoms with van der Waals surface area (Å²) in [5, 5.41) is 19.8. The van der Waals surface area contributed by atoms with Gasteiger partial charge in [0.1, 0.15) is 11.6 Å². The number of nitrogens with zero attached hydrogens (tertiary/aromatic N) is 4. The molecule has 2 N–H and O–H groups in total. The summed E-state index contributed by atoms with van der Waals surface area (Å²) >= 11 is 0. The minimum Gasteiger partial charge on any atom is -0.382 e. The van der Waals surface area contributed by atoms with E-state index in [1.165, 1.54) is 0 Å². The summed E-state index contributed by atoms with van der Waals surface area (Å²) in [6.45, 7) is 2.10. The molecule has 1 aliphatic heterocycles. The van der Waals surface area contributed by atoms with Crippen LogP contribution >= 0.6 is 0 Å². The van der Waals surface area contributed by atoms with Crippen LogP contribution in [0.2, 0.25) is 0 Å². The van der Waals surface area contributed by atoms with Crippen molar-refractivity contribution in [2.45, 2.75) is 25.4 Å². The molecule has 8 nitrogen and oxygen atoms in total. The lowest BCUT2D eigenvalue weighted by atomic mass is 10.0. The van der Waals surface area contributed by atoms with Crippen molar-refractivity contribution in [1.82, 2.24) is 25.9 Å². The van der Waals surface area contributed by atoms with Crippen LogP contribution < -0.4 is 5.32 Å². The van der Waals surface area contributed by atoms with E-state index in [1.54, 1.807) is 0 Å². The number of hydrogen-bond acceptors (Lipinski definition) is 6. The van der Waals surface area contributed by atoms with Crippen molar-refractivity contribution in [1.29, 1.82) is 0 Å². The van der Waals surface area contributed by atoms with Crippen LogP contribution in [0.25, 0.3) is 0 Å². The van der Waals surface area contributed by atoms with Gasteiger partial charge in [-0.1, -0.05) is 17.3 Å². The summed E-state index contributed by atoms with van der Waals surface area (Å²) in [4.78, 5) is 17.1. The van der Waals surface area contributed by atoms with Gasteiger partial charge in [-0.25, -0.2) is 8.78 Å². The molecule has 3 rings (SSSR count). The van der Waals surface area contributed by atoms with E-state index >= 15 is 0 Å². The highest BCUT2D eigenvalue weighted by Crippen LogP contribution is 2.20. The second-order valence-corrected chi connectivity index (χ2v) is 5.38. The fourth-order valence-corrected chi connectivity index (χ4v) is 2.23. The molecule has 1 amide bonds. The van der Waals surface area contributed by atoms with Crippen molar-refractivity contribution in [3.05, 3.63) is 41.2 Å². The van der Waals surface area contributed by atoms with Crippen molar-refractivity contribution in [2.75, 3.05) is 6.54 Å². The van der Waals surface area contributed by atoms with E-state index in [4.69, 9.17) is 4.84 Å². The third kappa shape index (κ3) is 3.36. The molecule has 0 bridgehead atoms. The smallest absolute Gasteiger partial charge is 0.264 e. The predicted molar refractivity (Wildman–Crippen MR) is 78.0 cm³/mol. The average molecular weight is 336 g/mol. The summed E-state index contributed by atoms with van der Waals surface area (Å²) < 4.78 is 27.0. The zero-order valence-corrected chi connectivity index (χ0v) is 12.7. The average Bonchev–Trinajstić information content (AvgIpc) is 3.26. The number of H-pyrrole nitrogens is 1. The van der Waals surface area contributed by atoms with Gasteiger partial charge in [0, 0.05) is 24.4 Å². The lowest BCUT2D eigenvalue weighted by Gasteiger charge is -2.12. The van der Waals surface area contributed by atoms with Crippen LogP contribution in [-0.4, -0.2) is 44.9 Å². The number of halogens is 2. The van der Waals surface area contributed by atoms with E-state index in [0.29, 0.717) is 5.82 Å². The van der Waals surface area contributed by atoms with E-state index in [0.717, 1.165) is 18.2 Å². The largest absolute Gasteiger partial charge is 0.382 e. The molecule has 2 heterocycles. The van der Waals surface area contributed by atoms with Crippen LogP contribution in [0.4, 0.5) is 8.78 Å². The maximum atomic E-state index is 13.7. The van der Waals surface area contributed by atoms with Gasteiger partial charge in [0.15, 0.2) is 5.82 Å². The molecule has 0 unspecified atom stereocenters. The van der Waals surface area contributed by atoms with Crippen molar-refractivity contribution in [3.8, 4) is 0 Å². The quantitative estimate of drug-likeness (QED) is 0.844. The molecule has 24 heavy (non-hydrogen) atoms.